The number of nitrogens with one attached hydrogen (secondary N) is 1. The van der Waals surface area contributed by atoms with Crippen LogP contribution in [0.1, 0.15) is 16.7 Å². The molecule has 27 heavy (non-hydrogen) atoms. The Bertz CT molecular complexity index is 779. The van der Waals surface area contributed by atoms with Gasteiger partial charge < -0.3 is 15.1 Å². The number of aryl methyl sites for hydroxylation is 2. The van der Waals surface area contributed by atoms with E-state index in [1.54, 1.807) is 12.1 Å². The Morgan fingerprint density at radius 1 is 1.11 bits per heavy atom. The first-order valence-electron chi connectivity index (χ1n) is 9.23. The Labute approximate surface area is 164 Å². The first-order valence-corrected chi connectivity index (χ1v) is 9.61. The molecule has 144 valence electrons. The highest BCUT2D eigenvalue weighted by Gasteiger charge is 2.23. The topological polar surface area (TPSA) is 35.6 Å². The summed E-state index contributed by atoms with van der Waals surface area (Å²) in [6, 6.07) is 10.4. The van der Waals surface area contributed by atoms with Gasteiger partial charge in [-0.2, -0.15) is 0 Å². The summed E-state index contributed by atoms with van der Waals surface area (Å²) in [6.45, 7) is 7.48. The lowest BCUT2D eigenvalue weighted by Crippen LogP contribution is -2.52. The van der Waals surface area contributed by atoms with Crippen molar-refractivity contribution in [3.63, 3.8) is 0 Å². The van der Waals surface area contributed by atoms with E-state index in [1.807, 2.05) is 17.9 Å². The van der Waals surface area contributed by atoms with Crippen molar-refractivity contribution in [3.8, 4) is 0 Å². The first kappa shape index (κ1) is 19.5. The highest BCUT2D eigenvalue weighted by atomic mass is 35.5. The van der Waals surface area contributed by atoms with Gasteiger partial charge in [-0.05, 0) is 55.2 Å². The summed E-state index contributed by atoms with van der Waals surface area (Å²) in [4.78, 5) is 16.5. The molecule has 4 nitrogen and oxygen atoms in total. The smallest absolute Gasteiger partial charge is 0.317 e. The number of benzene rings is 2. The number of carbonyl (C=O) groups is 1. The van der Waals surface area contributed by atoms with Gasteiger partial charge >= 0.3 is 6.03 Å². The van der Waals surface area contributed by atoms with Gasteiger partial charge in [-0.1, -0.05) is 29.8 Å². The molecule has 2 aromatic carbocycles. The number of nitrogens with zero attached hydrogens (tertiary/aromatic N) is 2. The van der Waals surface area contributed by atoms with E-state index in [0.29, 0.717) is 26.1 Å². The number of carbonyl (C=O) groups excluding carboxylic acids is 1. The molecule has 1 N–H and O–H groups in total. The lowest BCUT2D eigenvalue weighted by molar-refractivity contribution is 0.194. The van der Waals surface area contributed by atoms with Crippen molar-refractivity contribution in [2.75, 3.05) is 37.6 Å². The lowest BCUT2D eigenvalue weighted by Gasteiger charge is -2.37. The molecular formula is C21H25ClFN3O. The molecule has 1 saturated heterocycles. The van der Waals surface area contributed by atoms with Gasteiger partial charge in [0.1, 0.15) is 5.82 Å². The number of amides is 2. The molecule has 2 aromatic rings. The Balaban J connectivity index is 1.48. The maximum absolute atomic E-state index is 12.9. The van der Waals surface area contributed by atoms with E-state index >= 15 is 0 Å². The van der Waals surface area contributed by atoms with E-state index in [4.69, 9.17) is 11.6 Å². The lowest BCUT2D eigenvalue weighted by atomic mass is 10.1. The molecule has 0 spiro atoms. The zero-order chi connectivity index (χ0) is 19.4. The first-order chi connectivity index (χ1) is 12.9. The Kier molecular flexibility index (Phi) is 6.22. The summed E-state index contributed by atoms with van der Waals surface area (Å²) in [5.74, 6) is -0.246. The minimum Gasteiger partial charge on any atom is -0.367 e. The minimum absolute atomic E-state index is 0.0523. The van der Waals surface area contributed by atoms with Crippen molar-refractivity contribution >= 4 is 23.3 Å². The van der Waals surface area contributed by atoms with Crippen LogP contribution >= 0.6 is 11.6 Å². The maximum Gasteiger partial charge on any atom is 0.317 e. The van der Waals surface area contributed by atoms with Crippen molar-refractivity contribution in [1.29, 1.82) is 0 Å². The van der Waals surface area contributed by atoms with Crippen molar-refractivity contribution in [3.05, 3.63) is 63.9 Å². The number of urea groups is 1. The molecule has 2 amide bonds. The van der Waals surface area contributed by atoms with E-state index in [0.717, 1.165) is 40.5 Å². The number of halogens is 2. The molecule has 0 unspecified atom stereocenters. The fourth-order valence-corrected chi connectivity index (χ4v) is 3.96. The van der Waals surface area contributed by atoms with Crippen molar-refractivity contribution in [2.45, 2.75) is 20.3 Å². The second kappa shape index (κ2) is 8.61. The van der Waals surface area contributed by atoms with Gasteiger partial charge in [-0.15, -0.1) is 0 Å². The SMILES string of the molecule is Cc1cc(C)c(N2CCN(C(=O)NCCc3ccc(F)cc3)CC2)c(Cl)c1. The predicted octanol–water partition coefficient (Wildman–Crippen LogP) is 4.17. The van der Waals surface area contributed by atoms with Crippen LogP contribution in [0.15, 0.2) is 36.4 Å². The van der Waals surface area contributed by atoms with E-state index in [2.05, 4.69) is 23.2 Å². The van der Waals surface area contributed by atoms with Crippen LogP contribution in [0.3, 0.4) is 0 Å². The molecule has 3 rings (SSSR count). The largest absolute Gasteiger partial charge is 0.367 e. The number of anilines is 1. The molecule has 1 heterocycles. The molecule has 1 aliphatic rings. The van der Waals surface area contributed by atoms with Crippen LogP contribution in [0, 0.1) is 19.7 Å². The summed E-state index contributed by atoms with van der Waals surface area (Å²) in [6.07, 6.45) is 0.685. The Morgan fingerprint density at radius 2 is 1.78 bits per heavy atom. The molecule has 0 saturated carbocycles. The molecule has 0 radical (unpaired) electrons. The van der Waals surface area contributed by atoms with E-state index < -0.39 is 0 Å². The normalized spacial score (nSPS) is 14.4. The van der Waals surface area contributed by atoms with Crippen LogP contribution in [-0.4, -0.2) is 43.7 Å². The van der Waals surface area contributed by atoms with Gasteiger partial charge in [0, 0.05) is 32.7 Å². The van der Waals surface area contributed by atoms with Gasteiger partial charge in [0.25, 0.3) is 0 Å². The van der Waals surface area contributed by atoms with E-state index in [1.165, 1.54) is 12.1 Å². The fourth-order valence-electron chi connectivity index (χ4n) is 3.52. The van der Waals surface area contributed by atoms with Crippen LogP contribution in [0.25, 0.3) is 0 Å². The van der Waals surface area contributed by atoms with E-state index in [-0.39, 0.29) is 11.8 Å². The average Bonchev–Trinajstić information content (AvgIpc) is 2.63. The van der Waals surface area contributed by atoms with Gasteiger partial charge in [0.15, 0.2) is 0 Å². The summed E-state index contributed by atoms with van der Waals surface area (Å²) >= 11 is 6.45. The van der Waals surface area contributed by atoms with Crippen molar-refractivity contribution < 1.29 is 9.18 Å². The molecule has 1 aliphatic heterocycles. The monoisotopic (exact) mass is 389 g/mol. The van der Waals surface area contributed by atoms with Crippen LogP contribution < -0.4 is 10.2 Å². The summed E-state index contributed by atoms with van der Waals surface area (Å²) in [5.41, 5.74) is 4.39. The third-order valence-electron chi connectivity index (χ3n) is 4.88. The van der Waals surface area contributed by atoms with Crippen LogP contribution in [0.2, 0.25) is 5.02 Å². The van der Waals surface area contributed by atoms with Crippen LogP contribution in [-0.2, 0) is 6.42 Å². The number of hydrogen-bond donors (Lipinski definition) is 1. The third-order valence-corrected chi connectivity index (χ3v) is 5.17. The molecular weight excluding hydrogens is 365 g/mol. The van der Waals surface area contributed by atoms with Crippen molar-refractivity contribution in [1.82, 2.24) is 10.2 Å². The Hall–Kier alpha value is -2.27. The second-order valence-electron chi connectivity index (χ2n) is 6.99. The van der Waals surface area contributed by atoms with Crippen LogP contribution in [0.4, 0.5) is 14.9 Å². The molecule has 0 bridgehead atoms. The standard InChI is InChI=1S/C21H25ClFN3O/c1-15-13-16(2)20(19(22)14-15)25-9-11-26(12-10-25)21(27)24-8-7-17-3-5-18(23)6-4-17/h3-6,13-14H,7-12H2,1-2H3,(H,24,27). The molecule has 1 fully saturated rings. The number of hydrogen-bond acceptors (Lipinski definition) is 2. The highest BCUT2D eigenvalue weighted by Crippen LogP contribution is 2.31. The molecule has 0 aliphatic carbocycles. The van der Waals surface area contributed by atoms with Crippen LogP contribution in [0.5, 0.6) is 0 Å². The average molecular weight is 390 g/mol. The van der Waals surface area contributed by atoms with Gasteiger partial charge in [-0.3, -0.25) is 0 Å². The zero-order valence-electron chi connectivity index (χ0n) is 15.8. The Morgan fingerprint density at radius 3 is 2.41 bits per heavy atom. The summed E-state index contributed by atoms with van der Waals surface area (Å²) in [7, 11) is 0. The van der Waals surface area contributed by atoms with Gasteiger partial charge in [0.05, 0.1) is 10.7 Å². The quantitative estimate of drug-likeness (QED) is 0.851. The molecule has 0 aromatic heterocycles. The molecule has 0 atom stereocenters. The van der Waals surface area contributed by atoms with Crippen molar-refractivity contribution in [2.24, 2.45) is 0 Å². The second-order valence-corrected chi connectivity index (χ2v) is 7.40. The molecule has 6 heteroatoms. The zero-order valence-corrected chi connectivity index (χ0v) is 16.5. The highest BCUT2D eigenvalue weighted by molar-refractivity contribution is 6.33. The van der Waals surface area contributed by atoms with Gasteiger partial charge in [0.2, 0.25) is 0 Å². The summed E-state index contributed by atoms with van der Waals surface area (Å²) < 4.78 is 12.9. The van der Waals surface area contributed by atoms with E-state index in [9.17, 15) is 9.18 Å². The third kappa shape index (κ3) is 4.92. The number of piperazine rings is 1. The maximum atomic E-state index is 12.9. The minimum atomic E-state index is -0.246. The predicted molar refractivity (Wildman–Crippen MR) is 108 cm³/mol. The number of rotatable bonds is 4. The fraction of sp³-hybridized carbons (Fsp3) is 0.381. The summed E-state index contributed by atoms with van der Waals surface area (Å²) in [5, 5.41) is 3.72. The van der Waals surface area contributed by atoms with Gasteiger partial charge in [-0.25, -0.2) is 9.18 Å².